The van der Waals surface area contributed by atoms with Crippen molar-refractivity contribution in [3.8, 4) is 0 Å². The maximum Gasteiger partial charge on any atom is 0.348 e. The molecule has 0 radical (unpaired) electrons. The van der Waals surface area contributed by atoms with Crippen molar-refractivity contribution in [3.63, 3.8) is 0 Å². The van der Waals surface area contributed by atoms with E-state index in [9.17, 15) is 9.59 Å². The van der Waals surface area contributed by atoms with Gasteiger partial charge in [0.25, 0.3) is 5.91 Å². The van der Waals surface area contributed by atoms with Crippen molar-refractivity contribution in [2.45, 2.75) is 25.3 Å². The summed E-state index contributed by atoms with van der Waals surface area (Å²) in [6, 6.07) is 11.3. The molecule has 23 heavy (non-hydrogen) atoms. The van der Waals surface area contributed by atoms with Crippen LogP contribution in [0.4, 0.5) is 0 Å². The predicted molar refractivity (Wildman–Crippen MR) is 89.9 cm³/mol. The molecule has 0 saturated heterocycles. The van der Waals surface area contributed by atoms with Crippen LogP contribution in [0.15, 0.2) is 36.4 Å². The number of fused-ring (bicyclic) bond motifs is 1. The summed E-state index contributed by atoms with van der Waals surface area (Å²) in [5.74, 6) is -0.816. The number of carbonyl (C=O) groups is 2. The summed E-state index contributed by atoms with van der Waals surface area (Å²) in [5, 5.41) is 2.95. The fourth-order valence-electron chi connectivity index (χ4n) is 2.77. The molecule has 1 atom stereocenters. The van der Waals surface area contributed by atoms with Crippen molar-refractivity contribution in [2.75, 3.05) is 6.61 Å². The van der Waals surface area contributed by atoms with Gasteiger partial charge in [0.15, 0.2) is 6.61 Å². The van der Waals surface area contributed by atoms with Crippen molar-refractivity contribution >= 4 is 34.8 Å². The Morgan fingerprint density at radius 2 is 2.09 bits per heavy atom. The highest BCUT2D eigenvalue weighted by Gasteiger charge is 2.22. The number of hydrogen-bond donors (Lipinski definition) is 1. The standard InChI is InChI=1S/C17H16ClNO3S/c18-15-9-8-14(23-15)17(21)22-10-16(20)19-13-7-3-5-11-4-1-2-6-12(11)13/h1-2,4,6,8-9,13H,3,5,7,10H2,(H,19,20)/t13-/m1/s1. The Hall–Kier alpha value is -1.85. The highest BCUT2D eigenvalue weighted by atomic mass is 35.5. The van der Waals surface area contributed by atoms with Crippen LogP contribution in [0.2, 0.25) is 4.34 Å². The van der Waals surface area contributed by atoms with E-state index in [1.165, 1.54) is 5.56 Å². The van der Waals surface area contributed by atoms with Gasteiger partial charge in [-0.15, -0.1) is 11.3 Å². The van der Waals surface area contributed by atoms with Gasteiger partial charge in [0, 0.05) is 0 Å². The molecule has 6 heteroatoms. The van der Waals surface area contributed by atoms with E-state index in [1.54, 1.807) is 12.1 Å². The van der Waals surface area contributed by atoms with Gasteiger partial charge in [-0.3, -0.25) is 4.79 Å². The summed E-state index contributed by atoms with van der Waals surface area (Å²) in [5.41, 5.74) is 2.43. The fraction of sp³-hybridized carbons (Fsp3) is 0.294. The zero-order chi connectivity index (χ0) is 16.2. The molecular weight excluding hydrogens is 334 g/mol. The first-order valence-electron chi connectivity index (χ1n) is 7.43. The van der Waals surface area contributed by atoms with E-state index in [0.29, 0.717) is 9.21 Å². The third-order valence-corrected chi connectivity index (χ3v) is 5.02. The SMILES string of the molecule is O=C(COC(=O)c1ccc(Cl)s1)N[C@@H]1CCCc2ccccc21. The van der Waals surface area contributed by atoms with Crippen LogP contribution in [0.25, 0.3) is 0 Å². The number of ether oxygens (including phenoxy) is 1. The molecule has 4 nitrogen and oxygen atoms in total. The molecule has 1 aliphatic carbocycles. The zero-order valence-corrected chi connectivity index (χ0v) is 14.0. The fourth-order valence-corrected chi connectivity index (χ4v) is 3.70. The van der Waals surface area contributed by atoms with Crippen LogP contribution in [0.5, 0.6) is 0 Å². The normalized spacial score (nSPS) is 16.5. The molecule has 0 saturated carbocycles. The van der Waals surface area contributed by atoms with E-state index in [0.717, 1.165) is 36.2 Å². The molecule has 3 rings (SSSR count). The van der Waals surface area contributed by atoms with Gasteiger partial charge < -0.3 is 10.1 Å². The topological polar surface area (TPSA) is 55.4 Å². The molecule has 1 aromatic carbocycles. The first-order valence-corrected chi connectivity index (χ1v) is 8.62. The summed E-state index contributed by atoms with van der Waals surface area (Å²) in [7, 11) is 0. The Labute approximate surface area is 143 Å². The lowest BCUT2D eigenvalue weighted by Crippen LogP contribution is -2.34. The van der Waals surface area contributed by atoms with Gasteiger partial charge in [0.05, 0.1) is 10.4 Å². The number of amides is 1. The average Bonchev–Trinajstić information content (AvgIpc) is 2.99. The lowest BCUT2D eigenvalue weighted by molar-refractivity contribution is -0.125. The maximum atomic E-state index is 12.1. The van der Waals surface area contributed by atoms with Gasteiger partial charge in [-0.25, -0.2) is 4.79 Å². The Morgan fingerprint density at radius 3 is 2.87 bits per heavy atom. The third kappa shape index (κ3) is 3.92. The average molecular weight is 350 g/mol. The molecule has 0 spiro atoms. The van der Waals surface area contributed by atoms with E-state index in [2.05, 4.69) is 11.4 Å². The minimum absolute atomic E-state index is 0.0117. The second kappa shape index (κ2) is 7.15. The van der Waals surface area contributed by atoms with E-state index in [1.807, 2.05) is 18.2 Å². The number of thiophene rings is 1. The zero-order valence-electron chi connectivity index (χ0n) is 12.4. The van der Waals surface area contributed by atoms with Gasteiger partial charge >= 0.3 is 5.97 Å². The number of nitrogens with one attached hydrogen (secondary N) is 1. The molecular formula is C17H16ClNO3S. The van der Waals surface area contributed by atoms with Crippen molar-refractivity contribution < 1.29 is 14.3 Å². The quantitative estimate of drug-likeness (QED) is 0.855. The van der Waals surface area contributed by atoms with Crippen LogP contribution in [-0.4, -0.2) is 18.5 Å². The van der Waals surface area contributed by atoms with E-state index >= 15 is 0 Å². The summed E-state index contributed by atoms with van der Waals surface area (Å²) in [4.78, 5) is 24.2. The minimum Gasteiger partial charge on any atom is -0.451 e. The Kier molecular flexibility index (Phi) is 4.98. The first-order chi connectivity index (χ1) is 11.1. The molecule has 2 aromatic rings. The lowest BCUT2D eigenvalue weighted by atomic mass is 9.88. The van der Waals surface area contributed by atoms with Crippen LogP contribution in [0.3, 0.4) is 0 Å². The van der Waals surface area contributed by atoms with Crippen LogP contribution < -0.4 is 5.32 Å². The van der Waals surface area contributed by atoms with Crippen LogP contribution in [0, 0.1) is 0 Å². The number of rotatable bonds is 4. The molecule has 0 aliphatic heterocycles. The van der Waals surface area contributed by atoms with E-state index < -0.39 is 5.97 Å². The molecule has 1 aliphatic rings. The molecule has 1 amide bonds. The van der Waals surface area contributed by atoms with E-state index in [4.69, 9.17) is 16.3 Å². The van der Waals surface area contributed by atoms with Crippen molar-refractivity contribution in [2.24, 2.45) is 0 Å². The first kappa shape index (κ1) is 16.0. The van der Waals surface area contributed by atoms with Crippen LogP contribution in [-0.2, 0) is 16.0 Å². The number of carbonyl (C=O) groups excluding carboxylic acids is 2. The summed E-state index contributed by atoms with van der Waals surface area (Å²) in [6.45, 7) is -0.285. The number of aryl methyl sites for hydroxylation is 1. The molecule has 1 N–H and O–H groups in total. The largest absolute Gasteiger partial charge is 0.451 e. The summed E-state index contributed by atoms with van der Waals surface area (Å²) >= 11 is 6.91. The van der Waals surface area contributed by atoms with Crippen molar-refractivity contribution in [3.05, 3.63) is 56.7 Å². The van der Waals surface area contributed by atoms with Gasteiger partial charge in [0.1, 0.15) is 4.88 Å². The van der Waals surface area contributed by atoms with Crippen molar-refractivity contribution in [1.29, 1.82) is 0 Å². The second-order valence-corrected chi connectivity index (χ2v) is 7.11. The smallest absolute Gasteiger partial charge is 0.348 e. The number of benzene rings is 1. The Balaban J connectivity index is 1.55. The molecule has 0 fully saturated rings. The number of esters is 1. The minimum atomic E-state index is -0.527. The van der Waals surface area contributed by atoms with Crippen LogP contribution in [0.1, 0.15) is 39.7 Å². The molecule has 120 valence electrons. The highest BCUT2D eigenvalue weighted by molar-refractivity contribution is 7.17. The molecule has 0 unspecified atom stereocenters. The predicted octanol–water partition coefficient (Wildman–Crippen LogP) is 3.75. The second-order valence-electron chi connectivity index (χ2n) is 5.39. The van der Waals surface area contributed by atoms with Gasteiger partial charge in [-0.2, -0.15) is 0 Å². The molecule has 0 bridgehead atoms. The van der Waals surface area contributed by atoms with Crippen molar-refractivity contribution in [1.82, 2.24) is 5.32 Å². The van der Waals surface area contributed by atoms with E-state index in [-0.39, 0.29) is 18.6 Å². The monoisotopic (exact) mass is 349 g/mol. The summed E-state index contributed by atoms with van der Waals surface area (Å²) in [6.07, 6.45) is 2.98. The molecule has 1 heterocycles. The van der Waals surface area contributed by atoms with Crippen LogP contribution >= 0.6 is 22.9 Å². The maximum absolute atomic E-state index is 12.1. The Morgan fingerprint density at radius 1 is 1.26 bits per heavy atom. The Bertz CT molecular complexity index is 728. The third-order valence-electron chi connectivity index (χ3n) is 3.81. The number of halogens is 1. The highest BCUT2D eigenvalue weighted by Crippen LogP contribution is 2.29. The summed E-state index contributed by atoms with van der Waals surface area (Å²) < 4.78 is 5.55. The lowest BCUT2D eigenvalue weighted by Gasteiger charge is -2.26. The number of hydrogen-bond acceptors (Lipinski definition) is 4. The van der Waals surface area contributed by atoms with Gasteiger partial charge in [0.2, 0.25) is 0 Å². The van der Waals surface area contributed by atoms with Gasteiger partial charge in [-0.1, -0.05) is 35.9 Å². The van der Waals surface area contributed by atoms with Gasteiger partial charge in [-0.05, 0) is 42.5 Å². The molecule has 1 aromatic heterocycles.